The number of hydrogen-bond donors (Lipinski definition) is 1. The summed E-state index contributed by atoms with van der Waals surface area (Å²) >= 11 is 0. The Morgan fingerprint density at radius 2 is 1.94 bits per heavy atom. The Labute approximate surface area is 114 Å². The second-order valence-corrected chi connectivity index (χ2v) is 6.63. The van der Waals surface area contributed by atoms with Gasteiger partial charge >= 0.3 is 0 Å². The molecule has 2 fully saturated rings. The van der Waals surface area contributed by atoms with Crippen LogP contribution in [0.5, 0.6) is 0 Å². The second kappa shape index (κ2) is 6.91. The van der Waals surface area contributed by atoms with E-state index in [0.717, 1.165) is 24.0 Å². The summed E-state index contributed by atoms with van der Waals surface area (Å²) in [4.78, 5) is 2.83. The monoisotopic (exact) mass is 252 g/mol. The van der Waals surface area contributed by atoms with Gasteiger partial charge in [0.2, 0.25) is 0 Å². The van der Waals surface area contributed by atoms with Crippen LogP contribution in [0.15, 0.2) is 0 Å². The molecule has 0 radical (unpaired) electrons. The van der Waals surface area contributed by atoms with Crippen LogP contribution in [0.1, 0.15) is 65.7 Å². The first-order valence-electron chi connectivity index (χ1n) is 8.21. The molecule has 106 valence electrons. The first-order valence-corrected chi connectivity index (χ1v) is 8.21. The molecule has 1 saturated carbocycles. The van der Waals surface area contributed by atoms with Gasteiger partial charge in [0, 0.05) is 18.1 Å². The average Bonchev–Trinajstić information content (AvgIpc) is 2.38. The summed E-state index contributed by atoms with van der Waals surface area (Å²) in [5.41, 5.74) is 0. The number of hydrogen-bond acceptors (Lipinski definition) is 2. The summed E-state index contributed by atoms with van der Waals surface area (Å²) in [5, 5.41) is 3.82. The van der Waals surface area contributed by atoms with Gasteiger partial charge in [-0.05, 0) is 64.5 Å². The zero-order valence-electron chi connectivity index (χ0n) is 12.6. The third kappa shape index (κ3) is 3.48. The van der Waals surface area contributed by atoms with Gasteiger partial charge in [0.1, 0.15) is 0 Å². The lowest BCUT2D eigenvalue weighted by atomic mass is 9.81. The van der Waals surface area contributed by atoms with Gasteiger partial charge in [-0.3, -0.25) is 4.90 Å². The van der Waals surface area contributed by atoms with Gasteiger partial charge in [-0.15, -0.1) is 0 Å². The number of nitrogens with one attached hydrogen (secondary N) is 1. The molecule has 4 unspecified atom stereocenters. The van der Waals surface area contributed by atoms with E-state index < -0.39 is 0 Å². The maximum absolute atomic E-state index is 3.82. The topological polar surface area (TPSA) is 15.3 Å². The zero-order valence-corrected chi connectivity index (χ0v) is 12.6. The van der Waals surface area contributed by atoms with Crippen molar-refractivity contribution in [2.45, 2.75) is 83.8 Å². The summed E-state index contributed by atoms with van der Waals surface area (Å²) < 4.78 is 0. The highest BCUT2D eigenvalue weighted by molar-refractivity contribution is 4.93. The normalized spacial score (nSPS) is 38.8. The van der Waals surface area contributed by atoms with Crippen LogP contribution in [0.3, 0.4) is 0 Å². The van der Waals surface area contributed by atoms with Gasteiger partial charge in [0.05, 0.1) is 0 Å². The lowest BCUT2D eigenvalue weighted by Gasteiger charge is -2.47. The predicted molar refractivity (Wildman–Crippen MR) is 78.9 cm³/mol. The van der Waals surface area contributed by atoms with Crippen molar-refractivity contribution in [3.05, 3.63) is 0 Å². The minimum Gasteiger partial charge on any atom is -0.312 e. The summed E-state index contributed by atoms with van der Waals surface area (Å²) in [5.74, 6) is 0.920. The van der Waals surface area contributed by atoms with Gasteiger partial charge in [0.15, 0.2) is 0 Å². The van der Waals surface area contributed by atoms with Gasteiger partial charge < -0.3 is 5.32 Å². The average molecular weight is 252 g/mol. The summed E-state index contributed by atoms with van der Waals surface area (Å²) in [6.45, 7) is 9.69. The van der Waals surface area contributed by atoms with Gasteiger partial charge in [-0.25, -0.2) is 0 Å². The molecule has 4 atom stereocenters. The van der Waals surface area contributed by atoms with Crippen LogP contribution in [0.4, 0.5) is 0 Å². The van der Waals surface area contributed by atoms with Crippen LogP contribution in [0.2, 0.25) is 0 Å². The fourth-order valence-corrected chi connectivity index (χ4v) is 3.90. The highest BCUT2D eigenvalue weighted by Crippen LogP contribution is 2.31. The molecule has 1 saturated heterocycles. The number of likely N-dealkylation sites (tertiary alicyclic amines) is 1. The molecular formula is C16H32N2. The van der Waals surface area contributed by atoms with E-state index in [2.05, 4.69) is 31.0 Å². The van der Waals surface area contributed by atoms with Crippen LogP contribution >= 0.6 is 0 Å². The molecular weight excluding hydrogens is 220 g/mol. The highest BCUT2D eigenvalue weighted by Gasteiger charge is 2.35. The Hall–Kier alpha value is -0.0800. The third-order valence-electron chi connectivity index (χ3n) is 5.02. The minimum atomic E-state index is 0.752. The van der Waals surface area contributed by atoms with Crippen LogP contribution in [0, 0.1) is 5.92 Å². The van der Waals surface area contributed by atoms with Crippen molar-refractivity contribution in [1.82, 2.24) is 10.2 Å². The van der Waals surface area contributed by atoms with E-state index in [9.17, 15) is 0 Å². The number of nitrogens with zero attached hydrogens (tertiary/aromatic N) is 1. The first kappa shape index (κ1) is 14.3. The molecule has 0 aromatic heterocycles. The molecule has 0 aromatic rings. The molecule has 0 bridgehead atoms. The molecule has 18 heavy (non-hydrogen) atoms. The van der Waals surface area contributed by atoms with Gasteiger partial charge in [-0.2, -0.15) is 0 Å². The molecule has 2 rings (SSSR count). The molecule has 2 nitrogen and oxygen atoms in total. The van der Waals surface area contributed by atoms with Crippen LogP contribution in [-0.2, 0) is 0 Å². The Bertz CT molecular complexity index is 239. The van der Waals surface area contributed by atoms with Crippen molar-refractivity contribution >= 4 is 0 Å². The van der Waals surface area contributed by atoms with Crippen LogP contribution < -0.4 is 5.32 Å². The zero-order chi connectivity index (χ0) is 13.0. The maximum Gasteiger partial charge on any atom is 0.0254 e. The first-order chi connectivity index (χ1) is 8.72. The van der Waals surface area contributed by atoms with Crippen molar-refractivity contribution in [3.63, 3.8) is 0 Å². The van der Waals surface area contributed by atoms with Gasteiger partial charge in [-0.1, -0.05) is 20.3 Å². The fraction of sp³-hybridized carbons (Fsp3) is 1.00. The lowest BCUT2D eigenvalue weighted by molar-refractivity contribution is 0.0468. The van der Waals surface area contributed by atoms with E-state index in [1.807, 2.05) is 0 Å². The van der Waals surface area contributed by atoms with Crippen molar-refractivity contribution in [2.75, 3.05) is 13.1 Å². The van der Waals surface area contributed by atoms with E-state index in [1.54, 1.807) is 0 Å². The van der Waals surface area contributed by atoms with Crippen molar-refractivity contribution in [3.8, 4) is 0 Å². The standard InChI is InChI=1S/C16H32N2/c1-4-10-17-15-9-8-13(2)12-16(15)18-11-6-5-7-14(18)3/h13-17H,4-12H2,1-3H3. The highest BCUT2D eigenvalue weighted by atomic mass is 15.2. The SMILES string of the molecule is CCCNC1CCC(C)CC1N1CCCCC1C. The summed E-state index contributed by atoms with van der Waals surface area (Å²) in [7, 11) is 0. The number of rotatable bonds is 4. The van der Waals surface area contributed by atoms with Crippen molar-refractivity contribution < 1.29 is 0 Å². The van der Waals surface area contributed by atoms with E-state index >= 15 is 0 Å². The van der Waals surface area contributed by atoms with E-state index in [4.69, 9.17) is 0 Å². The van der Waals surface area contributed by atoms with Crippen molar-refractivity contribution in [1.29, 1.82) is 0 Å². The van der Waals surface area contributed by atoms with Crippen molar-refractivity contribution in [2.24, 2.45) is 5.92 Å². The molecule has 0 spiro atoms. The Morgan fingerprint density at radius 3 is 2.67 bits per heavy atom. The fourth-order valence-electron chi connectivity index (χ4n) is 3.90. The lowest BCUT2D eigenvalue weighted by Crippen LogP contribution is -2.56. The molecule has 2 heteroatoms. The van der Waals surface area contributed by atoms with E-state index in [-0.39, 0.29) is 0 Å². The summed E-state index contributed by atoms with van der Waals surface area (Å²) in [6, 6.07) is 2.36. The largest absolute Gasteiger partial charge is 0.312 e. The Kier molecular flexibility index (Phi) is 5.50. The van der Waals surface area contributed by atoms with E-state index in [1.165, 1.54) is 58.0 Å². The smallest absolute Gasteiger partial charge is 0.0254 e. The van der Waals surface area contributed by atoms with Gasteiger partial charge in [0.25, 0.3) is 0 Å². The molecule has 1 N–H and O–H groups in total. The predicted octanol–water partition coefficient (Wildman–Crippen LogP) is 3.42. The summed E-state index contributed by atoms with van der Waals surface area (Å²) in [6.07, 6.45) is 9.73. The minimum absolute atomic E-state index is 0.752. The quantitative estimate of drug-likeness (QED) is 0.825. The number of piperidine rings is 1. The Morgan fingerprint density at radius 1 is 1.11 bits per heavy atom. The maximum atomic E-state index is 3.82. The Balaban J connectivity index is 1.99. The molecule has 0 amide bonds. The third-order valence-corrected chi connectivity index (χ3v) is 5.02. The molecule has 1 heterocycles. The molecule has 1 aliphatic carbocycles. The van der Waals surface area contributed by atoms with E-state index in [0.29, 0.717) is 0 Å². The van der Waals surface area contributed by atoms with Crippen LogP contribution in [-0.4, -0.2) is 36.1 Å². The van der Waals surface area contributed by atoms with Crippen LogP contribution in [0.25, 0.3) is 0 Å². The molecule has 1 aliphatic heterocycles. The molecule has 2 aliphatic rings. The second-order valence-electron chi connectivity index (χ2n) is 6.63. The molecule has 0 aromatic carbocycles.